The summed E-state index contributed by atoms with van der Waals surface area (Å²) in [6.07, 6.45) is 2.43. The maximum atomic E-state index is 12.3. The molecular weight excluding hydrogens is 280 g/mol. The summed E-state index contributed by atoms with van der Waals surface area (Å²) in [7, 11) is 1.85. The molecule has 2 saturated heterocycles. The van der Waals surface area contributed by atoms with Crippen LogP contribution in [-0.2, 0) is 9.59 Å². The molecule has 126 valence electrons. The zero-order chi connectivity index (χ0) is 16.1. The van der Waals surface area contributed by atoms with Crippen molar-refractivity contribution in [2.45, 2.75) is 32.7 Å². The zero-order valence-corrected chi connectivity index (χ0v) is 14.3. The number of piperazine rings is 1. The molecule has 2 aliphatic rings. The molecule has 0 bridgehead atoms. The van der Waals surface area contributed by atoms with Crippen LogP contribution in [0.3, 0.4) is 0 Å². The molecule has 0 aliphatic carbocycles. The fourth-order valence-corrected chi connectivity index (χ4v) is 2.98. The third kappa shape index (κ3) is 4.68. The van der Waals surface area contributed by atoms with E-state index >= 15 is 0 Å². The smallest absolute Gasteiger partial charge is 0.236 e. The zero-order valence-electron chi connectivity index (χ0n) is 14.3. The maximum absolute atomic E-state index is 12.3. The van der Waals surface area contributed by atoms with Crippen molar-refractivity contribution in [3.63, 3.8) is 0 Å². The van der Waals surface area contributed by atoms with E-state index < -0.39 is 0 Å². The van der Waals surface area contributed by atoms with Crippen molar-refractivity contribution in [1.29, 1.82) is 0 Å². The molecule has 0 saturated carbocycles. The van der Waals surface area contributed by atoms with Crippen molar-refractivity contribution in [1.82, 2.24) is 19.6 Å². The first-order valence-electron chi connectivity index (χ1n) is 8.45. The number of carbonyl (C=O) groups is 2. The van der Waals surface area contributed by atoms with E-state index in [1.54, 1.807) is 4.90 Å². The predicted molar refractivity (Wildman–Crippen MR) is 86.6 cm³/mol. The van der Waals surface area contributed by atoms with Crippen molar-refractivity contribution >= 4 is 11.8 Å². The molecule has 0 unspecified atom stereocenters. The van der Waals surface area contributed by atoms with Gasteiger partial charge in [0, 0.05) is 39.3 Å². The first kappa shape index (κ1) is 17.2. The summed E-state index contributed by atoms with van der Waals surface area (Å²) >= 11 is 0. The molecule has 0 aromatic rings. The molecule has 0 aromatic carbocycles. The van der Waals surface area contributed by atoms with Gasteiger partial charge in [-0.3, -0.25) is 19.4 Å². The third-order valence-electron chi connectivity index (χ3n) is 4.81. The molecule has 2 rings (SSSR count). The van der Waals surface area contributed by atoms with E-state index in [0.717, 1.165) is 39.3 Å². The van der Waals surface area contributed by atoms with Crippen molar-refractivity contribution < 1.29 is 9.59 Å². The van der Waals surface area contributed by atoms with Gasteiger partial charge in [0.2, 0.25) is 11.8 Å². The highest BCUT2D eigenvalue weighted by atomic mass is 16.2. The minimum absolute atomic E-state index is 0.159. The van der Waals surface area contributed by atoms with Crippen LogP contribution in [0, 0.1) is 0 Å². The summed E-state index contributed by atoms with van der Waals surface area (Å²) in [6, 6.07) is 0.232. The van der Waals surface area contributed by atoms with E-state index in [9.17, 15) is 9.59 Å². The summed E-state index contributed by atoms with van der Waals surface area (Å²) in [4.78, 5) is 32.5. The van der Waals surface area contributed by atoms with Gasteiger partial charge in [-0.2, -0.15) is 0 Å². The largest absolute Gasteiger partial charge is 0.342 e. The van der Waals surface area contributed by atoms with Crippen LogP contribution in [0.25, 0.3) is 0 Å². The van der Waals surface area contributed by atoms with Gasteiger partial charge in [0.15, 0.2) is 0 Å². The van der Waals surface area contributed by atoms with Crippen molar-refractivity contribution in [3.05, 3.63) is 0 Å². The number of likely N-dealkylation sites (N-methyl/N-ethyl adjacent to an activating group) is 1. The Hall–Kier alpha value is -1.14. The van der Waals surface area contributed by atoms with Crippen molar-refractivity contribution in [3.8, 4) is 0 Å². The molecule has 2 heterocycles. The van der Waals surface area contributed by atoms with Gasteiger partial charge in [-0.1, -0.05) is 0 Å². The van der Waals surface area contributed by atoms with E-state index in [0.29, 0.717) is 13.1 Å². The number of hydrogen-bond acceptors (Lipinski definition) is 4. The minimum Gasteiger partial charge on any atom is -0.342 e. The molecule has 0 N–H and O–H groups in total. The first-order valence-corrected chi connectivity index (χ1v) is 8.45. The van der Waals surface area contributed by atoms with Crippen LogP contribution in [0.5, 0.6) is 0 Å². The number of amides is 2. The topological polar surface area (TPSA) is 47.1 Å². The fraction of sp³-hybridized carbons (Fsp3) is 0.875. The molecule has 6 nitrogen and oxygen atoms in total. The van der Waals surface area contributed by atoms with E-state index in [1.807, 2.05) is 25.8 Å². The Labute approximate surface area is 134 Å². The lowest BCUT2D eigenvalue weighted by molar-refractivity contribution is -0.135. The molecular formula is C16H30N4O2. The highest BCUT2D eigenvalue weighted by Gasteiger charge is 2.25. The Bertz CT molecular complexity index is 386. The maximum Gasteiger partial charge on any atom is 0.236 e. The molecule has 22 heavy (non-hydrogen) atoms. The van der Waals surface area contributed by atoms with Crippen LogP contribution in [0.2, 0.25) is 0 Å². The van der Waals surface area contributed by atoms with Crippen LogP contribution in [0.1, 0.15) is 26.7 Å². The summed E-state index contributed by atoms with van der Waals surface area (Å²) in [5.41, 5.74) is 0. The molecule has 0 radical (unpaired) electrons. The van der Waals surface area contributed by atoms with Gasteiger partial charge in [-0.15, -0.1) is 0 Å². The van der Waals surface area contributed by atoms with E-state index in [2.05, 4.69) is 9.80 Å². The summed E-state index contributed by atoms with van der Waals surface area (Å²) in [5.74, 6) is 0.402. The van der Waals surface area contributed by atoms with Crippen molar-refractivity contribution in [2.24, 2.45) is 0 Å². The van der Waals surface area contributed by atoms with Crippen LogP contribution in [0.4, 0.5) is 0 Å². The summed E-state index contributed by atoms with van der Waals surface area (Å²) < 4.78 is 0. The fourth-order valence-electron chi connectivity index (χ4n) is 2.98. The Balaban J connectivity index is 1.70. The molecule has 0 atom stereocenters. The summed E-state index contributed by atoms with van der Waals surface area (Å²) in [6.45, 7) is 10.3. The predicted octanol–water partition coefficient (Wildman–Crippen LogP) is 0.0932. The van der Waals surface area contributed by atoms with Crippen LogP contribution in [0.15, 0.2) is 0 Å². The molecule has 2 fully saturated rings. The van der Waals surface area contributed by atoms with Gasteiger partial charge < -0.3 is 9.80 Å². The second-order valence-electron chi connectivity index (χ2n) is 6.74. The Morgan fingerprint density at radius 2 is 1.45 bits per heavy atom. The lowest BCUT2D eigenvalue weighted by Crippen LogP contribution is -2.53. The highest BCUT2D eigenvalue weighted by molar-refractivity contribution is 5.79. The average Bonchev–Trinajstić information content (AvgIpc) is 2.99. The monoisotopic (exact) mass is 310 g/mol. The van der Waals surface area contributed by atoms with Gasteiger partial charge in [-0.25, -0.2) is 0 Å². The Morgan fingerprint density at radius 3 is 2.00 bits per heavy atom. The number of likely N-dealkylation sites (tertiary alicyclic amines) is 1. The average molecular weight is 310 g/mol. The SMILES string of the molecule is CC(C)N(C)C(=O)CN1CCN(C(=O)CN2CCCC2)CC1. The first-order chi connectivity index (χ1) is 10.5. The normalized spacial score (nSPS) is 20.6. The van der Waals surface area contributed by atoms with E-state index in [4.69, 9.17) is 0 Å². The Kier molecular flexibility index (Phi) is 6.20. The van der Waals surface area contributed by atoms with E-state index in [1.165, 1.54) is 12.8 Å². The number of carbonyl (C=O) groups excluding carboxylic acids is 2. The van der Waals surface area contributed by atoms with Gasteiger partial charge in [0.05, 0.1) is 13.1 Å². The van der Waals surface area contributed by atoms with Crippen LogP contribution < -0.4 is 0 Å². The van der Waals surface area contributed by atoms with Crippen LogP contribution >= 0.6 is 0 Å². The summed E-state index contributed by atoms with van der Waals surface area (Å²) in [5, 5.41) is 0. The quantitative estimate of drug-likeness (QED) is 0.722. The second-order valence-corrected chi connectivity index (χ2v) is 6.74. The lowest BCUT2D eigenvalue weighted by atomic mass is 10.2. The molecule has 0 spiro atoms. The van der Waals surface area contributed by atoms with E-state index in [-0.39, 0.29) is 17.9 Å². The van der Waals surface area contributed by atoms with Gasteiger partial charge in [-0.05, 0) is 39.8 Å². The van der Waals surface area contributed by atoms with Gasteiger partial charge in [0.25, 0.3) is 0 Å². The van der Waals surface area contributed by atoms with Gasteiger partial charge in [0.1, 0.15) is 0 Å². The molecule has 0 aromatic heterocycles. The molecule has 6 heteroatoms. The minimum atomic E-state index is 0.159. The molecule has 2 aliphatic heterocycles. The number of hydrogen-bond donors (Lipinski definition) is 0. The molecule has 2 amide bonds. The lowest BCUT2D eigenvalue weighted by Gasteiger charge is -2.36. The third-order valence-corrected chi connectivity index (χ3v) is 4.81. The highest BCUT2D eigenvalue weighted by Crippen LogP contribution is 2.09. The number of rotatable bonds is 5. The second kappa shape index (κ2) is 7.92. The van der Waals surface area contributed by atoms with Crippen LogP contribution in [-0.4, -0.2) is 96.9 Å². The van der Waals surface area contributed by atoms with Gasteiger partial charge >= 0.3 is 0 Å². The standard InChI is InChI=1S/C16H30N4O2/c1-14(2)17(3)15(21)12-19-8-10-20(11-9-19)16(22)13-18-6-4-5-7-18/h14H,4-13H2,1-3H3. The number of nitrogens with zero attached hydrogens (tertiary/aromatic N) is 4. The Morgan fingerprint density at radius 1 is 0.909 bits per heavy atom. The van der Waals surface area contributed by atoms with Crippen molar-refractivity contribution in [2.75, 3.05) is 59.4 Å².